The molecule has 2 heteroatoms. The summed E-state index contributed by atoms with van der Waals surface area (Å²) in [5.41, 5.74) is 0.442. The van der Waals surface area contributed by atoms with E-state index in [-0.39, 0.29) is 0 Å². The van der Waals surface area contributed by atoms with E-state index in [9.17, 15) is 0 Å². The van der Waals surface area contributed by atoms with Gasteiger partial charge in [-0.05, 0) is 25.2 Å². The molecular weight excluding hydrogens is 174 g/mol. The zero-order valence-electron chi connectivity index (χ0n) is 9.51. The van der Waals surface area contributed by atoms with Crippen LogP contribution in [0, 0.1) is 11.3 Å². The zero-order chi connectivity index (χ0) is 10.0. The molecule has 0 amide bonds. The van der Waals surface area contributed by atoms with Crippen molar-refractivity contribution in [2.24, 2.45) is 11.3 Å². The molecule has 2 fully saturated rings. The molecule has 14 heavy (non-hydrogen) atoms. The first-order chi connectivity index (χ1) is 6.77. The molecule has 1 saturated heterocycles. The van der Waals surface area contributed by atoms with Gasteiger partial charge in [0.25, 0.3) is 0 Å². The SMILES string of the molecule is CCC(C)C1(CNC2CC2)CCOC1. The van der Waals surface area contributed by atoms with Crippen molar-refractivity contribution < 1.29 is 4.74 Å². The minimum absolute atomic E-state index is 0.442. The van der Waals surface area contributed by atoms with E-state index in [0.29, 0.717) is 5.41 Å². The molecule has 2 unspecified atom stereocenters. The maximum Gasteiger partial charge on any atom is 0.0538 e. The monoisotopic (exact) mass is 197 g/mol. The Labute approximate surface area is 87.4 Å². The quantitative estimate of drug-likeness (QED) is 0.729. The van der Waals surface area contributed by atoms with E-state index in [1.807, 2.05) is 0 Å². The van der Waals surface area contributed by atoms with Gasteiger partial charge in [0, 0.05) is 24.6 Å². The Morgan fingerprint density at radius 1 is 1.50 bits per heavy atom. The first-order valence-corrected chi connectivity index (χ1v) is 6.08. The van der Waals surface area contributed by atoms with Crippen LogP contribution in [0.2, 0.25) is 0 Å². The molecule has 1 aliphatic heterocycles. The van der Waals surface area contributed by atoms with Crippen LogP contribution >= 0.6 is 0 Å². The Morgan fingerprint density at radius 2 is 2.29 bits per heavy atom. The molecule has 0 radical (unpaired) electrons. The normalized spacial score (nSPS) is 34.7. The van der Waals surface area contributed by atoms with E-state index in [4.69, 9.17) is 4.74 Å². The van der Waals surface area contributed by atoms with Crippen molar-refractivity contribution in [3.05, 3.63) is 0 Å². The fourth-order valence-electron chi connectivity index (χ4n) is 2.39. The van der Waals surface area contributed by atoms with Crippen molar-refractivity contribution >= 4 is 0 Å². The number of rotatable bonds is 5. The summed E-state index contributed by atoms with van der Waals surface area (Å²) < 4.78 is 5.60. The number of nitrogens with one attached hydrogen (secondary N) is 1. The smallest absolute Gasteiger partial charge is 0.0538 e. The molecule has 1 saturated carbocycles. The fraction of sp³-hybridized carbons (Fsp3) is 1.00. The Kier molecular flexibility index (Phi) is 3.13. The van der Waals surface area contributed by atoms with Gasteiger partial charge in [0.15, 0.2) is 0 Å². The number of hydrogen-bond donors (Lipinski definition) is 1. The standard InChI is InChI=1S/C12H23NO/c1-3-10(2)12(6-7-14-9-12)8-13-11-4-5-11/h10-11,13H,3-9H2,1-2H3. The van der Waals surface area contributed by atoms with Gasteiger partial charge < -0.3 is 10.1 Å². The van der Waals surface area contributed by atoms with Crippen LogP contribution in [0.5, 0.6) is 0 Å². The van der Waals surface area contributed by atoms with E-state index in [2.05, 4.69) is 19.2 Å². The lowest BCUT2D eigenvalue weighted by atomic mass is 9.74. The van der Waals surface area contributed by atoms with Crippen molar-refractivity contribution in [3.8, 4) is 0 Å². The number of hydrogen-bond acceptors (Lipinski definition) is 2. The summed E-state index contributed by atoms with van der Waals surface area (Å²) in [6.07, 6.45) is 5.30. The summed E-state index contributed by atoms with van der Waals surface area (Å²) in [5, 5.41) is 3.67. The molecule has 2 rings (SSSR count). The minimum Gasteiger partial charge on any atom is -0.381 e. The van der Waals surface area contributed by atoms with Crippen LogP contribution in [0.15, 0.2) is 0 Å². The van der Waals surface area contributed by atoms with Crippen molar-refractivity contribution in [2.75, 3.05) is 19.8 Å². The topological polar surface area (TPSA) is 21.3 Å². The first kappa shape index (κ1) is 10.4. The maximum absolute atomic E-state index is 5.60. The van der Waals surface area contributed by atoms with Crippen LogP contribution in [0.25, 0.3) is 0 Å². The van der Waals surface area contributed by atoms with Crippen molar-refractivity contribution in [1.29, 1.82) is 0 Å². The van der Waals surface area contributed by atoms with Crippen LogP contribution in [0.4, 0.5) is 0 Å². The predicted molar refractivity (Wildman–Crippen MR) is 58.3 cm³/mol. The van der Waals surface area contributed by atoms with E-state index in [1.54, 1.807) is 0 Å². The van der Waals surface area contributed by atoms with Gasteiger partial charge in [0.2, 0.25) is 0 Å². The van der Waals surface area contributed by atoms with Crippen molar-refractivity contribution in [2.45, 2.75) is 45.6 Å². The van der Waals surface area contributed by atoms with Gasteiger partial charge in [-0.2, -0.15) is 0 Å². The second-order valence-corrected chi connectivity index (χ2v) is 5.13. The highest BCUT2D eigenvalue weighted by atomic mass is 16.5. The Hall–Kier alpha value is -0.0800. The molecule has 1 aliphatic carbocycles. The highest BCUT2D eigenvalue weighted by Gasteiger charge is 2.40. The number of ether oxygens (including phenoxy) is 1. The molecule has 2 aliphatic rings. The lowest BCUT2D eigenvalue weighted by molar-refractivity contribution is 0.108. The molecule has 0 bridgehead atoms. The van der Waals surface area contributed by atoms with E-state index < -0.39 is 0 Å². The van der Waals surface area contributed by atoms with Crippen molar-refractivity contribution in [1.82, 2.24) is 5.32 Å². The lowest BCUT2D eigenvalue weighted by Gasteiger charge is -2.34. The highest BCUT2D eigenvalue weighted by Crippen LogP contribution is 2.38. The van der Waals surface area contributed by atoms with Crippen molar-refractivity contribution in [3.63, 3.8) is 0 Å². The average Bonchev–Trinajstić information content (AvgIpc) is 2.92. The van der Waals surface area contributed by atoms with E-state index in [1.165, 1.54) is 32.2 Å². The van der Waals surface area contributed by atoms with Crippen LogP contribution in [-0.4, -0.2) is 25.8 Å². The fourth-order valence-corrected chi connectivity index (χ4v) is 2.39. The summed E-state index contributed by atoms with van der Waals surface area (Å²) in [4.78, 5) is 0. The average molecular weight is 197 g/mol. The lowest BCUT2D eigenvalue weighted by Crippen LogP contribution is -2.40. The second-order valence-electron chi connectivity index (χ2n) is 5.13. The van der Waals surface area contributed by atoms with E-state index in [0.717, 1.165) is 25.2 Å². The molecule has 0 aromatic heterocycles. The molecule has 0 aromatic carbocycles. The van der Waals surface area contributed by atoms with Gasteiger partial charge >= 0.3 is 0 Å². The zero-order valence-corrected chi connectivity index (χ0v) is 9.51. The maximum atomic E-state index is 5.60. The molecular formula is C12H23NO. The van der Waals surface area contributed by atoms with Crippen LogP contribution in [0.3, 0.4) is 0 Å². The van der Waals surface area contributed by atoms with Gasteiger partial charge in [-0.25, -0.2) is 0 Å². The first-order valence-electron chi connectivity index (χ1n) is 6.08. The summed E-state index contributed by atoms with van der Waals surface area (Å²) in [7, 11) is 0. The summed E-state index contributed by atoms with van der Waals surface area (Å²) in [6.45, 7) is 7.79. The Bertz CT molecular complexity index is 183. The van der Waals surface area contributed by atoms with E-state index >= 15 is 0 Å². The minimum atomic E-state index is 0.442. The van der Waals surface area contributed by atoms with Crippen LogP contribution in [-0.2, 0) is 4.74 Å². The third kappa shape index (κ3) is 2.12. The Morgan fingerprint density at radius 3 is 2.79 bits per heavy atom. The molecule has 0 aromatic rings. The van der Waals surface area contributed by atoms with Crippen LogP contribution in [0.1, 0.15) is 39.5 Å². The van der Waals surface area contributed by atoms with Gasteiger partial charge in [0.1, 0.15) is 0 Å². The predicted octanol–water partition coefficient (Wildman–Crippen LogP) is 2.19. The molecule has 82 valence electrons. The molecule has 2 nitrogen and oxygen atoms in total. The molecule has 2 atom stereocenters. The third-order valence-corrected chi connectivity index (χ3v) is 4.11. The van der Waals surface area contributed by atoms with Gasteiger partial charge in [-0.3, -0.25) is 0 Å². The second kappa shape index (κ2) is 4.19. The van der Waals surface area contributed by atoms with Gasteiger partial charge in [-0.1, -0.05) is 20.3 Å². The largest absolute Gasteiger partial charge is 0.381 e. The highest BCUT2D eigenvalue weighted by molar-refractivity contribution is 4.92. The summed E-state index contributed by atoms with van der Waals surface area (Å²) in [6, 6.07) is 0.830. The van der Waals surface area contributed by atoms with Gasteiger partial charge in [0.05, 0.1) is 6.61 Å². The van der Waals surface area contributed by atoms with Crippen LogP contribution < -0.4 is 5.32 Å². The summed E-state index contributed by atoms with van der Waals surface area (Å²) in [5.74, 6) is 0.788. The Balaban J connectivity index is 1.89. The molecule has 1 heterocycles. The summed E-state index contributed by atoms with van der Waals surface area (Å²) >= 11 is 0. The third-order valence-electron chi connectivity index (χ3n) is 4.11. The van der Waals surface area contributed by atoms with Gasteiger partial charge in [-0.15, -0.1) is 0 Å². The molecule has 1 N–H and O–H groups in total. The molecule has 0 spiro atoms.